The summed E-state index contributed by atoms with van der Waals surface area (Å²) in [4.78, 5) is 37.0. The fraction of sp³-hybridized carbons (Fsp3) is 0.884. The lowest BCUT2D eigenvalue weighted by molar-refractivity contribution is -0.167. The second-order valence-corrected chi connectivity index (χ2v) is 14.3. The molecule has 0 aliphatic carbocycles. The molecule has 0 spiro atoms. The summed E-state index contributed by atoms with van der Waals surface area (Å²) < 4.78 is 16.4. The Kier molecular flexibility index (Phi) is 37.5. The van der Waals surface area contributed by atoms with Crippen molar-refractivity contribution in [1.82, 2.24) is 0 Å². The van der Waals surface area contributed by atoms with Gasteiger partial charge in [-0.3, -0.25) is 14.4 Å². The molecule has 49 heavy (non-hydrogen) atoms. The second kappa shape index (κ2) is 38.9. The minimum absolute atomic E-state index is 0.0702. The fourth-order valence-electron chi connectivity index (χ4n) is 6.02. The summed E-state index contributed by atoms with van der Waals surface area (Å²) in [5, 5.41) is 0. The van der Waals surface area contributed by atoms with E-state index in [0.717, 1.165) is 70.6 Å². The van der Waals surface area contributed by atoms with Crippen molar-refractivity contribution in [2.75, 3.05) is 13.2 Å². The van der Waals surface area contributed by atoms with E-state index in [0.29, 0.717) is 19.3 Å². The Morgan fingerprint density at radius 3 is 1.02 bits per heavy atom. The van der Waals surface area contributed by atoms with Crippen LogP contribution in [0.25, 0.3) is 0 Å². The lowest BCUT2D eigenvalue weighted by Gasteiger charge is -2.18. The average Bonchev–Trinajstić information content (AvgIpc) is 3.09. The molecule has 0 bridgehead atoms. The maximum absolute atomic E-state index is 12.4. The monoisotopic (exact) mass is 693 g/mol. The van der Waals surface area contributed by atoms with E-state index in [-0.39, 0.29) is 31.1 Å². The number of ether oxygens (including phenoxy) is 3. The summed E-state index contributed by atoms with van der Waals surface area (Å²) >= 11 is 0. The molecule has 0 saturated carbocycles. The molecule has 0 aromatic heterocycles. The van der Waals surface area contributed by atoms with Gasteiger partial charge < -0.3 is 14.2 Å². The first-order valence-electron chi connectivity index (χ1n) is 21.2. The Morgan fingerprint density at radius 2 is 0.673 bits per heavy atom. The molecule has 0 aliphatic rings. The average molecular weight is 693 g/mol. The quantitative estimate of drug-likeness (QED) is 0.0277. The molecule has 288 valence electrons. The van der Waals surface area contributed by atoms with Crippen LogP contribution in [0.2, 0.25) is 0 Å². The van der Waals surface area contributed by atoms with Crippen LogP contribution in [-0.4, -0.2) is 37.2 Å². The van der Waals surface area contributed by atoms with E-state index in [9.17, 15) is 14.4 Å². The van der Waals surface area contributed by atoms with E-state index in [1.54, 1.807) is 0 Å². The van der Waals surface area contributed by atoms with Gasteiger partial charge in [0.2, 0.25) is 0 Å². The smallest absolute Gasteiger partial charge is 0.306 e. The number of hydrogen-bond acceptors (Lipinski definition) is 6. The van der Waals surface area contributed by atoms with Crippen molar-refractivity contribution in [3.05, 3.63) is 12.2 Å². The van der Waals surface area contributed by atoms with Crippen molar-refractivity contribution >= 4 is 17.9 Å². The van der Waals surface area contributed by atoms with E-state index < -0.39 is 6.10 Å². The zero-order valence-electron chi connectivity index (χ0n) is 32.7. The van der Waals surface area contributed by atoms with E-state index in [1.165, 1.54) is 116 Å². The van der Waals surface area contributed by atoms with Gasteiger partial charge in [-0.15, -0.1) is 0 Å². The molecule has 0 heterocycles. The van der Waals surface area contributed by atoms with Gasteiger partial charge in [-0.05, 0) is 44.9 Å². The zero-order valence-corrected chi connectivity index (χ0v) is 32.7. The van der Waals surface area contributed by atoms with Crippen LogP contribution in [0.1, 0.15) is 226 Å². The first-order valence-corrected chi connectivity index (χ1v) is 21.2. The largest absolute Gasteiger partial charge is 0.462 e. The van der Waals surface area contributed by atoms with Crippen LogP contribution in [0.5, 0.6) is 0 Å². The molecule has 0 radical (unpaired) electrons. The Bertz CT molecular complexity index is 763. The van der Waals surface area contributed by atoms with Crippen LogP contribution in [0, 0.1) is 0 Å². The molecule has 6 nitrogen and oxygen atoms in total. The highest BCUT2D eigenvalue weighted by Gasteiger charge is 2.19. The minimum Gasteiger partial charge on any atom is -0.462 e. The lowest BCUT2D eigenvalue weighted by Crippen LogP contribution is -2.30. The maximum Gasteiger partial charge on any atom is 0.306 e. The molecular weight excluding hydrogens is 612 g/mol. The van der Waals surface area contributed by atoms with Crippen molar-refractivity contribution in [2.24, 2.45) is 0 Å². The van der Waals surface area contributed by atoms with E-state index >= 15 is 0 Å². The molecule has 0 aromatic rings. The molecule has 0 saturated heterocycles. The van der Waals surface area contributed by atoms with E-state index in [2.05, 4.69) is 32.9 Å². The molecule has 1 atom stereocenters. The number of unbranched alkanes of at least 4 members (excludes halogenated alkanes) is 25. The number of carbonyl (C=O) groups excluding carboxylic acids is 3. The van der Waals surface area contributed by atoms with Crippen molar-refractivity contribution in [1.29, 1.82) is 0 Å². The van der Waals surface area contributed by atoms with Gasteiger partial charge in [-0.1, -0.05) is 174 Å². The summed E-state index contributed by atoms with van der Waals surface area (Å²) in [5.41, 5.74) is 0. The zero-order chi connectivity index (χ0) is 35.9. The Morgan fingerprint density at radius 1 is 0.388 bits per heavy atom. The Balaban J connectivity index is 3.96. The van der Waals surface area contributed by atoms with E-state index in [4.69, 9.17) is 14.2 Å². The van der Waals surface area contributed by atoms with Crippen LogP contribution >= 0.6 is 0 Å². The molecule has 0 fully saturated rings. The predicted octanol–water partition coefficient (Wildman–Crippen LogP) is 13.1. The summed E-state index contributed by atoms with van der Waals surface area (Å²) in [7, 11) is 0. The number of carbonyl (C=O) groups is 3. The van der Waals surface area contributed by atoms with Gasteiger partial charge in [0.05, 0.1) is 0 Å². The van der Waals surface area contributed by atoms with Gasteiger partial charge in [-0.2, -0.15) is 0 Å². The molecule has 0 N–H and O–H groups in total. The van der Waals surface area contributed by atoms with Crippen LogP contribution in [0.4, 0.5) is 0 Å². The second-order valence-electron chi connectivity index (χ2n) is 14.3. The van der Waals surface area contributed by atoms with Gasteiger partial charge in [-0.25, -0.2) is 0 Å². The summed E-state index contributed by atoms with van der Waals surface area (Å²) in [6.45, 7) is 6.46. The van der Waals surface area contributed by atoms with Crippen LogP contribution in [-0.2, 0) is 28.6 Å². The first-order chi connectivity index (χ1) is 24.0. The highest BCUT2D eigenvalue weighted by atomic mass is 16.6. The molecule has 1 unspecified atom stereocenters. The van der Waals surface area contributed by atoms with Gasteiger partial charge in [0, 0.05) is 19.3 Å². The SMILES string of the molecule is CCCCCCCCCC/C=C\CCCCCCCCCCCC(=O)OCC(COC(=O)CCCCCCC)OC(=O)CCCCCCC. The van der Waals surface area contributed by atoms with Gasteiger partial charge in [0.15, 0.2) is 6.10 Å². The van der Waals surface area contributed by atoms with Crippen molar-refractivity contribution in [3.63, 3.8) is 0 Å². The summed E-state index contributed by atoms with van der Waals surface area (Å²) in [5.74, 6) is -0.899. The Hall–Kier alpha value is -1.85. The highest BCUT2D eigenvalue weighted by Crippen LogP contribution is 2.14. The molecule has 0 amide bonds. The number of rotatable bonds is 38. The normalized spacial score (nSPS) is 12.0. The van der Waals surface area contributed by atoms with Crippen molar-refractivity contribution in [2.45, 2.75) is 232 Å². The minimum atomic E-state index is -0.758. The van der Waals surface area contributed by atoms with Gasteiger partial charge >= 0.3 is 17.9 Å². The van der Waals surface area contributed by atoms with E-state index in [1.807, 2.05) is 0 Å². The van der Waals surface area contributed by atoms with Crippen molar-refractivity contribution < 1.29 is 28.6 Å². The fourth-order valence-corrected chi connectivity index (χ4v) is 6.02. The number of hydrogen-bond donors (Lipinski definition) is 0. The number of allylic oxidation sites excluding steroid dienone is 2. The Labute approximate surface area is 303 Å². The summed E-state index contributed by atoms with van der Waals surface area (Å²) in [6.07, 6.45) is 39.8. The van der Waals surface area contributed by atoms with Crippen LogP contribution in [0.3, 0.4) is 0 Å². The molecule has 0 aliphatic heterocycles. The first kappa shape index (κ1) is 47.1. The summed E-state index contributed by atoms with van der Waals surface area (Å²) in [6, 6.07) is 0. The van der Waals surface area contributed by atoms with Gasteiger partial charge in [0.25, 0.3) is 0 Å². The molecule has 0 rings (SSSR count). The molecule has 0 aromatic carbocycles. The lowest BCUT2D eigenvalue weighted by atomic mass is 10.1. The molecule has 6 heteroatoms. The number of esters is 3. The van der Waals surface area contributed by atoms with Gasteiger partial charge in [0.1, 0.15) is 13.2 Å². The van der Waals surface area contributed by atoms with Crippen LogP contribution in [0.15, 0.2) is 12.2 Å². The maximum atomic E-state index is 12.4. The third-order valence-corrected chi connectivity index (χ3v) is 9.27. The van der Waals surface area contributed by atoms with Crippen molar-refractivity contribution in [3.8, 4) is 0 Å². The topological polar surface area (TPSA) is 78.9 Å². The third kappa shape index (κ3) is 37.2. The molecular formula is C43H80O6. The standard InChI is InChI=1S/C43H80O6/c1-4-7-10-13-14-15-16-17-18-19-20-21-22-23-24-25-26-27-28-31-33-36-42(45)48-39-40(49-43(46)37-34-30-12-9-6-3)38-47-41(44)35-32-29-11-8-5-2/h19-20,40H,4-18,21-39H2,1-3H3/b20-19-. The predicted molar refractivity (Wildman–Crippen MR) is 206 cm³/mol. The van der Waals surface area contributed by atoms with Crippen LogP contribution < -0.4 is 0 Å². The third-order valence-electron chi connectivity index (χ3n) is 9.27. The highest BCUT2D eigenvalue weighted by molar-refractivity contribution is 5.71.